The molecule has 0 radical (unpaired) electrons. The molecular formula is C29H24ClFN4O3. The highest BCUT2D eigenvalue weighted by Gasteiger charge is 2.25. The Labute approximate surface area is 223 Å². The lowest BCUT2D eigenvalue weighted by Crippen LogP contribution is -2.27. The van der Waals surface area contributed by atoms with Crippen LogP contribution < -0.4 is 5.32 Å². The largest absolute Gasteiger partial charge is 0.345 e. The highest BCUT2D eigenvalue weighted by molar-refractivity contribution is 6.30. The van der Waals surface area contributed by atoms with Crippen LogP contribution >= 0.6 is 11.6 Å². The second kappa shape index (κ2) is 11.1. The van der Waals surface area contributed by atoms with E-state index >= 15 is 0 Å². The molecule has 38 heavy (non-hydrogen) atoms. The van der Waals surface area contributed by atoms with Gasteiger partial charge in [-0.15, -0.1) is 4.91 Å². The number of carbonyl (C=O) groups excluding carboxylic acids is 2. The molecule has 192 valence electrons. The van der Waals surface area contributed by atoms with E-state index in [2.05, 4.69) is 10.5 Å². The molecule has 3 aromatic carbocycles. The first-order valence-corrected chi connectivity index (χ1v) is 12.8. The van der Waals surface area contributed by atoms with Gasteiger partial charge in [-0.3, -0.25) is 9.59 Å². The molecule has 4 aromatic rings. The van der Waals surface area contributed by atoms with Crippen molar-refractivity contribution >= 4 is 34.4 Å². The van der Waals surface area contributed by atoms with Crippen LogP contribution in [-0.4, -0.2) is 21.8 Å². The molecule has 0 saturated heterocycles. The predicted molar refractivity (Wildman–Crippen MR) is 143 cm³/mol. The molecule has 0 aliphatic heterocycles. The molecule has 0 unspecified atom stereocenters. The molecule has 0 bridgehead atoms. The maximum absolute atomic E-state index is 13.6. The summed E-state index contributed by atoms with van der Waals surface area (Å²) in [6, 6.07) is 17.0. The lowest BCUT2D eigenvalue weighted by molar-refractivity contribution is -0.118. The summed E-state index contributed by atoms with van der Waals surface area (Å²) in [6.45, 7) is 0. The van der Waals surface area contributed by atoms with E-state index < -0.39 is 5.91 Å². The number of aryl methyl sites for hydroxylation is 2. The first-order valence-electron chi connectivity index (χ1n) is 12.4. The minimum absolute atomic E-state index is 0.0854. The van der Waals surface area contributed by atoms with Crippen molar-refractivity contribution in [3.05, 3.63) is 98.8 Å². The van der Waals surface area contributed by atoms with E-state index in [4.69, 9.17) is 21.6 Å². The quantitative estimate of drug-likeness (QED) is 0.206. The van der Waals surface area contributed by atoms with Crippen molar-refractivity contribution in [1.29, 1.82) is 0 Å². The van der Waals surface area contributed by atoms with Gasteiger partial charge in [0.15, 0.2) is 0 Å². The molecule has 0 fully saturated rings. The first kappa shape index (κ1) is 25.6. The van der Waals surface area contributed by atoms with Crippen molar-refractivity contribution in [3.8, 4) is 11.3 Å². The summed E-state index contributed by atoms with van der Waals surface area (Å²) in [5.74, 6) is -1.18. The Kier molecular flexibility index (Phi) is 7.51. The Morgan fingerprint density at radius 3 is 2.61 bits per heavy atom. The van der Waals surface area contributed by atoms with Crippen LogP contribution in [0.4, 0.5) is 4.39 Å². The second-order valence-corrected chi connectivity index (χ2v) is 9.77. The summed E-state index contributed by atoms with van der Waals surface area (Å²) < 4.78 is 13.6. The molecule has 1 aliphatic rings. The van der Waals surface area contributed by atoms with Crippen LogP contribution in [0.1, 0.15) is 58.9 Å². The number of hydrogen-bond donors (Lipinski definition) is 1. The van der Waals surface area contributed by atoms with Gasteiger partial charge in [0.2, 0.25) is 0 Å². The number of benzene rings is 3. The van der Waals surface area contributed by atoms with Crippen LogP contribution in [0.25, 0.3) is 22.3 Å². The van der Waals surface area contributed by atoms with E-state index in [1.807, 2.05) is 12.1 Å². The van der Waals surface area contributed by atoms with Gasteiger partial charge in [-0.2, -0.15) is 0 Å². The van der Waals surface area contributed by atoms with Crippen LogP contribution in [0.5, 0.6) is 0 Å². The van der Waals surface area contributed by atoms with Gasteiger partial charge in [0.25, 0.3) is 11.8 Å². The highest BCUT2D eigenvalue weighted by atomic mass is 35.5. The van der Waals surface area contributed by atoms with E-state index in [1.165, 1.54) is 12.1 Å². The number of hydrogen-bond acceptors (Lipinski definition) is 5. The zero-order chi connectivity index (χ0) is 26.6. The van der Waals surface area contributed by atoms with Gasteiger partial charge < -0.3 is 5.32 Å². The number of fused-ring (bicyclic) bond motifs is 2. The van der Waals surface area contributed by atoms with E-state index in [1.54, 1.807) is 36.4 Å². The average molecular weight is 531 g/mol. The van der Waals surface area contributed by atoms with E-state index in [0.717, 1.165) is 22.4 Å². The summed E-state index contributed by atoms with van der Waals surface area (Å²) in [4.78, 5) is 44.4. The van der Waals surface area contributed by atoms with Crippen LogP contribution in [0.3, 0.4) is 0 Å². The Balaban J connectivity index is 1.41. The third kappa shape index (κ3) is 5.60. The zero-order valence-corrected chi connectivity index (χ0v) is 21.2. The fraction of sp³-hybridized carbons (Fsp3) is 0.241. The smallest absolute Gasteiger partial charge is 0.286 e. The SMILES string of the molecule is O=NC(=O)CCCCc1nc2cc(C(=O)N[C@H]3CCc4cc(F)ccc43)ccc2nc1-c1ccc(Cl)cc1. The number of halogens is 2. The Morgan fingerprint density at radius 1 is 1.00 bits per heavy atom. The average Bonchev–Trinajstić information content (AvgIpc) is 3.31. The number of amides is 2. The molecule has 1 heterocycles. The summed E-state index contributed by atoms with van der Waals surface area (Å²) >= 11 is 6.07. The van der Waals surface area contributed by atoms with Crippen molar-refractivity contribution in [2.45, 2.75) is 44.6 Å². The number of nitrogens with one attached hydrogen (secondary N) is 1. The Morgan fingerprint density at radius 2 is 1.82 bits per heavy atom. The van der Waals surface area contributed by atoms with Gasteiger partial charge in [-0.25, -0.2) is 14.4 Å². The minimum Gasteiger partial charge on any atom is -0.345 e. The number of nitrogens with zero attached hydrogens (tertiary/aromatic N) is 3. The fourth-order valence-corrected chi connectivity index (χ4v) is 4.96. The molecule has 1 aliphatic carbocycles. The van der Waals surface area contributed by atoms with Gasteiger partial charge in [0.1, 0.15) is 5.82 Å². The standard InChI is InChI=1S/C29H24ClFN4O3/c30-20-9-5-17(6-10-20)28-25(3-1-2-4-27(36)35-38)32-26-16-19(8-14-24(26)33-28)29(37)34-23-13-7-18-15-21(31)11-12-22(18)23/h5-6,8-12,14-16,23H,1-4,7,13H2,(H,34,37)/t23-/m0/s1. The number of carbonyl (C=O) groups is 2. The fourth-order valence-electron chi connectivity index (χ4n) is 4.84. The maximum atomic E-state index is 13.6. The Hall–Kier alpha value is -4.04. The third-order valence-corrected chi connectivity index (χ3v) is 7.01. The topological polar surface area (TPSA) is 101 Å². The number of rotatable bonds is 8. The van der Waals surface area contributed by atoms with Crippen LogP contribution in [0.15, 0.2) is 65.8 Å². The summed E-state index contributed by atoms with van der Waals surface area (Å²) in [5.41, 5.74) is 5.79. The molecule has 1 aromatic heterocycles. The van der Waals surface area contributed by atoms with Crippen molar-refractivity contribution in [1.82, 2.24) is 15.3 Å². The van der Waals surface area contributed by atoms with E-state index in [9.17, 15) is 18.9 Å². The van der Waals surface area contributed by atoms with Crippen molar-refractivity contribution in [2.75, 3.05) is 0 Å². The summed E-state index contributed by atoms with van der Waals surface area (Å²) in [7, 11) is 0. The van der Waals surface area contributed by atoms with Crippen molar-refractivity contribution in [3.63, 3.8) is 0 Å². The molecule has 1 atom stereocenters. The summed E-state index contributed by atoms with van der Waals surface area (Å²) in [5, 5.41) is 6.11. The van der Waals surface area contributed by atoms with Crippen LogP contribution in [0, 0.1) is 10.7 Å². The molecular weight excluding hydrogens is 507 g/mol. The first-order chi connectivity index (χ1) is 18.4. The second-order valence-electron chi connectivity index (χ2n) is 9.33. The lowest BCUT2D eigenvalue weighted by Gasteiger charge is -2.15. The molecule has 5 rings (SSSR count). The number of unbranched alkanes of at least 4 members (excludes halogenated alkanes) is 1. The minimum atomic E-state index is -0.668. The van der Waals surface area contributed by atoms with Gasteiger partial charge in [0.05, 0.1) is 28.5 Å². The molecule has 0 saturated carbocycles. The van der Waals surface area contributed by atoms with Gasteiger partial charge in [-0.05, 0) is 85.7 Å². The molecule has 7 nitrogen and oxygen atoms in total. The molecule has 9 heteroatoms. The van der Waals surface area contributed by atoms with Gasteiger partial charge in [-0.1, -0.05) is 29.8 Å². The zero-order valence-electron chi connectivity index (χ0n) is 20.4. The number of nitroso groups, excluding NO2 is 1. The van der Waals surface area contributed by atoms with E-state index in [-0.39, 0.29) is 24.2 Å². The predicted octanol–water partition coefficient (Wildman–Crippen LogP) is 6.51. The third-order valence-electron chi connectivity index (χ3n) is 6.76. The van der Waals surface area contributed by atoms with Gasteiger partial charge in [0, 0.05) is 27.7 Å². The normalized spacial score (nSPS) is 14.3. The van der Waals surface area contributed by atoms with Gasteiger partial charge >= 0.3 is 0 Å². The Bertz CT molecular complexity index is 1540. The summed E-state index contributed by atoms with van der Waals surface area (Å²) in [6.07, 6.45) is 3.16. The van der Waals surface area contributed by atoms with Crippen LogP contribution in [0.2, 0.25) is 5.02 Å². The van der Waals surface area contributed by atoms with Crippen molar-refractivity contribution in [2.24, 2.45) is 5.18 Å². The monoisotopic (exact) mass is 530 g/mol. The number of aromatic nitrogens is 2. The molecule has 1 N–H and O–H groups in total. The van der Waals surface area contributed by atoms with Crippen molar-refractivity contribution < 1.29 is 14.0 Å². The maximum Gasteiger partial charge on any atom is 0.286 e. The molecule has 2 amide bonds. The van der Waals surface area contributed by atoms with E-state index in [0.29, 0.717) is 59.4 Å². The molecule has 0 spiro atoms. The lowest BCUT2D eigenvalue weighted by atomic mass is 10.0. The highest BCUT2D eigenvalue weighted by Crippen LogP contribution is 2.32. The van der Waals surface area contributed by atoms with Crippen LogP contribution in [-0.2, 0) is 17.6 Å².